The molecular formula is C28H33N3O5. The number of nitrogen functional groups attached to an aromatic ring is 1. The highest BCUT2D eigenvalue weighted by atomic mass is 16.7. The molecule has 1 aromatic heterocycles. The maximum Gasteiger partial charge on any atom is 0.411 e. The molecule has 3 aromatic rings. The van der Waals surface area contributed by atoms with Gasteiger partial charge in [0, 0.05) is 28.7 Å². The average Bonchev–Trinajstić information content (AvgIpc) is 3.50. The fourth-order valence-electron chi connectivity index (χ4n) is 5.07. The van der Waals surface area contributed by atoms with E-state index in [9.17, 15) is 4.79 Å². The summed E-state index contributed by atoms with van der Waals surface area (Å²) in [4.78, 5) is 12.3. The topological polar surface area (TPSA) is 97.0 Å². The van der Waals surface area contributed by atoms with Crippen LogP contribution in [-0.2, 0) is 14.2 Å². The van der Waals surface area contributed by atoms with Gasteiger partial charge in [-0.25, -0.2) is 4.79 Å². The number of nitrogens with one attached hydrogen (secondary N) is 1. The van der Waals surface area contributed by atoms with Crippen molar-refractivity contribution < 1.29 is 23.7 Å². The number of hydrogen-bond acceptors (Lipinski definition) is 6. The Kier molecular flexibility index (Phi) is 6.23. The van der Waals surface area contributed by atoms with Gasteiger partial charge in [0.15, 0.2) is 0 Å². The Morgan fingerprint density at radius 3 is 2.64 bits per heavy atom. The van der Waals surface area contributed by atoms with Gasteiger partial charge in [0.1, 0.15) is 31.4 Å². The molecule has 2 heterocycles. The molecule has 2 aliphatic carbocycles. The van der Waals surface area contributed by atoms with Crippen molar-refractivity contribution in [3.63, 3.8) is 0 Å². The van der Waals surface area contributed by atoms with Crippen LogP contribution in [0, 0.1) is 5.92 Å². The molecule has 3 fully saturated rings. The van der Waals surface area contributed by atoms with Crippen LogP contribution in [0.1, 0.15) is 45.1 Å². The van der Waals surface area contributed by atoms with Crippen LogP contribution < -0.4 is 15.8 Å². The normalized spacial score (nSPS) is 20.8. The minimum Gasteiger partial charge on any atom is -0.491 e. The molecule has 2 aromatic carbocycles. The number of fused-ring (bicyclic) bond motifs is 1. The quantitative estimate of drug-likeness (QED) is 0.419. The summed E-state index contributed by atoms with van der Waals surface area (Å²) in [5.74, 6) is 1.30. The van der Waals surface area contributed by atoms with Crippen LogP contribution in [-0.4, -0.2) is 42.9 Å². The van der Waals surface area contributed by atoms with E-state index in [1.54, 1.807) is 0 Å². The molecule has 2 saturated carbocycles. The van der Waals surface area contributed by atoms with Crippen molar-refractivity contribution >= 4 is 28.4 Å². The average molecular weight is 492 g/mol. The van der Waals surface area contributed by atoms with E-state index in [0.717, 1.165) is 59.3 Å². The van der Waals surface area contributed by atoms with Gasteiger partial charge in [-0.1, -0.05) is 12.1 Å². The number of aromatic nitrogens is 1. The molecule has 0 spiro atoms. The molecule has 190 valence electrons. The fraction of sp³-hybridized carbons (Fsp3) is 0.464. The summed E-state index contributed by atoms with van der Waals surface area (Å²) in [5, 5.41) is 3.86. The van der Waals surface area contributed by atoms with Gasteiger partial charge in [-0.05, 0) is 69.2 Å². The molecule has 1 unspecified atom stereocenters. The number of ether oxygens (including phenoxy) is 4. The van der Waals surface area contributed by atoms with Crippen LogP contribution in [0.4, 0.5) is 16.2 Å². The molecular weight excluding hydrogens is 458 g/mol. The number of rotatable bonds is 8. The highest BCUT2D eigenvalue weighted by Crippen LogP contribution is 2.45. The monoisotopic (exact) mass is 491 g/mol. The largest absolute Gasteiger partial charge is 0.491 e. The molecule has 36 heavy (non-hydrogen) atoms. The van der Waals surface area contributed by atoms with Gasteiger partial charge in [-0.3, -0.25) is 5.32 Å². The lowest BCUT2D eigenvalue weighted by Gasteiger charge is -2.30. The summed E-state index contributed by atoms with van der Waals surface area (Å²) < 4.78 is 24.6. The van der Waals surface area contributed by atoms with E-state index < -0.39 is 6.09 Å². The zero-order valence-electron chi connectivity index (χ0n) is 20.6. The van der Waals surface area contributed by atoms with E-state index in [4.69, 9.17) is 24.7 Å². The summed E-state index contributed by atoms with van der Waals surface area (Å²) in [6.45, 7) is 3.29. The number of nitrogens with zero attached hydrogens (tertiary/aromatic N) is 1. The number of hydrogen-bond donors (Lipinski definition) is 2. The van der Waals surface area contributed by atoms with Crippen molar-refractivity contribution in [2.75, 3.05) is 31.1 Å². The second-order valence-corrected chi connectivity index (χ2v) is 10.1. The third-order valence-corrected chi connectivity index (χ3v) is 7.57. The molecule has 0 bridgehead atoms. The smallest absolute Gasteiger partial charge is 0.411 e. The first-order chi connectivity index (χ1) is 17.6. The van der Waals surface area contributed by atoms with E-state index in [-0.39, 0.29) is 12.2 Å². The van der Waals surface area contributed by atoms with Crippen molar-refractivity contribution in [3.8, 4) is 17.0 Å². The zero-order valence-corrected chi connectivity index (χ0v) is 20.6. The minimum absolute atomic E-state index is 0.0407. The molecule has 6 rings (SSSR count). The number of nitrogens with two attached hydrogens (primary N) is 1. The van der Waals surface area contributed by atoms with Gasteiger partial charge in [0.2, 0.25) is 0 Å². The zero-order chi connectivity index (χ0) is 24.6. The predicted molar refractivity (Wildman–Crippen MR) is 138 cm³/mol. The van der Waals surface area contributed by atoms with Gasteiger partial charge in [0.05, 0.1) is 23.5 Å². The highest BCUT2D eigenvalue weighted by Gasteiger charge is 2.31. The molecule has 1 saturated heterocycles. The standard InChI is InChI=1S/C28H33N3O5/c1-17(18-5-6-18)36-28(32)30-20-9-7-19(8-10-20)27-26(29)24-12-11-22(34-15-23-14-33-16-35-23)13-25(24)31(27)21-3-2-4-21/h7-13,17-18,21,23H,2-6,14-16,29H2,1H3,(H,30,32)/t17-,23?/m0/s1. The lowest BCUT2D eigenvalue weighted by atomic mass is 9.92. The molecule has 8 heteroatoms. The van der Waals surface area contributed by atoms with Crippen LogP contribution >= 0.6 is 0 Å². The van der Waals surface area contributed by atoms with Crippen LogP contribution in [0.2, 0.25) is 0 Å². The van der Waals surface area contributed by atoms with Gasteiger partial charge in [0.25, 0.3) is 0 Å². The van der Waals surface area contributed by atoms with Crippen LogP contribution in [0.5, 0.6) is 5.75 Å². The summed E-state index contributed by atoms with van der Waals surface area (Å²) in [7, 11) is 0. The Labute approximate surface area is 210 Å². The Morgan fingerprint density at radius 2 is 1.97 bits per heavy atom. The Hall–Kier alpha value is -3.23. The fourth-order valence-corrected chi connectivity index (χ4v) is 5.07. The number of carbonyl (C=O) groups is 1. The van der Waals surface area contributed by atoms with E-state index in [1.165, 1.54) is 6.42 Å². The van der Waals surface area contributed by atoms with E-state index >= 15 is 0 Å². The van der Waals surface area contributed by atoms with Crippen molar-refractivity contribution in [1.29, 1.82) is 0 Å². The van der Waals surface area contributed by atoms with E-state index in [0.29, 0.717) is 37.7 Å². The van der Waals surface area contributed by atoms with Gasteiger partial charge >= 0.3 is 6.09 Å². The van der Waals surface area contributed by atoms with E-state index in [1.807, 2.05) is 43.3 Å². The van der Waals surface area contributed by atoms with Crippen LogP contribution in [0.15, 0.2) is 42.5 Å². The molecule has 1 aliphatic heterocycles. The minimum atomic E-state index is -0.410. The first-order valence-electron chi connectivity index (χ1n) is 12.9. The van der Waals surface area contributed by atoms with Gasteiger partial charge in [-0.15, -0.1) is 0 Å². The first kappa shape index (κ1) is 23.2. The lowest BCUT2D eigenvalue weighted by Crippen LogP contribution is -2.21. The first-order valence-corrected chi connectivity index (χ1v) is 12.9. The highest BCUT2D eigenvalue weighted by molar-refractivity contribution is 6.01. The number of anilines is 2. The summed E-state index contributed by atoms with van der Waals surface area (Å²) in [6.07, 6.45) is 5.24. The number of amides is 1. The third kappa shape index (κ3) is 4.63. The van der Waals surface area contributed by atoms with Crippen molar-refractivity contribution in [2.24, 2.45) is 5.92 Å². The third-order valence-electron chi connectivity index (χ3n) is 7.57. The molecule has 0 radical (unpaired) electrons. The van der Waals surface area contributed by atoms with Crippen LogP contribution in [0.25, 0.3) is 22.2 Å². The summed E-state index contributed by atoms with van der Waals surface area (Å²) >= 11 is 0. The lowest BCUT2D eigenvalue weighted by molar-refractivity contribution is 0.0320. The Morgan fingerprint density at radius 1 is 1.17 bits per heavy atom. The molecule has 1 amide bonds. The van der Waals surface area contributed by atoms with Crippen molar-refractivity contribution in [2.45, 2.75) is 57.3 Å². The summed E-state index contributed by atoms with van der Waals surface area (Å²) in [5.41, 5.74) is 11.3. The van der Waals surface area contributed by atoms with E-state index in [2.05, 4.69) is 16.0 Å². The molecule has 2 atom stereocenters. The predicted octanol–water partition coefficient (Wildman–Crippen LogP) is 5.71. The maximum absolute atomic E-state index is 12.3. The second-order valence-electron chi connectivity index (χ2n) is 10.1. The Bertz CT molecular complexity index is 1240. The maximum atomic E-state index is 12.3. The van der Waals surface area contributed by atoms with Crippen molar-refractivity contribution in [1.82, 2.24) is 4.57 Å². The SMILES string of the molecule is C[C@H](OC(=O)Nc1ccc(-c2c(N)c3ccc(OCC4COCO4)cc3n2C2CCC2)cc1)C1CC1. The molecule has 8 nitrogen and oxygen atoms in total. The number of carbonyl (C=O) groups excluding carboxylic acids is 1. The van der Waals surface area contributed by atoms with Crippen molar-refractivity contribution in [3.05, 3.63) is 42.5 Å². The van der Waals surface area contributed by atoms with Gasteiger partial charge in [-0.2, -0.15) is 0 Å². The van der Waals surface area contributed by atoms with Crippen LogP contribution in [0.3, 0.4) is 0 Å². The number of benzene rings is 2. The molecule has 3 aliphatic rings. The Balaban J connectivity index is 1.25. The second kappa shape index (κ2) is 9.67. The molecule has 3 N–H and O–H groups in total. The summed E-state index contributed by atoms with van der Waals surface area (Å²) in [6, 6.07) is 14.3. The van der Waals surface area contributed by atoms with Gasteiger partial charge < -0.3 is 29.2 Å².